The summed E-state index contributed by atoms with van der Waals surface area (Å²) in [6.45, 7) is 8.59. The molecule has 0 radical (unpaired) electrons. The third kappa shape index (κ3) is 3.67. The summed E-state index contributed by atoms with van der Waals surface area (Å²) in [5.41, 5.74) is 1.87. The van der Waals surface area contributed by atoms with Crippen LogP contribution in [0.3, 0.4) is 0 Å². The lowest BCUT2D eigenvalue weighted by Gasteiger charge is -2.16. The predicted octanol–water partition coefficient (Wildman–Crippen LogP) is 4.52. The monoisotopic (exact) mass is 309 g/mol. The SMILES string of the molecule is CCC(C)CCC(C)Oc1nc(Cl)cc2nn(C)c(C)c12. The molecule has 0 fully saturated rings. The van der Waals surface area contributed by atoms with Gasteiger partial charge in [-0.15, -0.1) is 0 Å². The first-order valence-electron chi connectivity index (χ1n) is 7.58. The van der Waals surface area contributed by atoms with Crippen molar-refractivity contribution in [1.29, 1.82) is 0 Å². The van der Waals surface area contributed by atoms with Crippen molar-refractivity contribution < 1.29 is 4.74 Å². The van der Waals surface area contributed by atoms with Gasteiger partial charge in [0.1, 0.15) is 10.7 Å². The number of aryl methyl sites for hydroxylation is 2. The largest absolute Gasteiger partial charge is 0.474 e. The van der Waals surface area contributed by atoms with Gasteiger partial charge in [-0.05, 0) is 32.6 Å². The summed E-state index contributed by atoms with van der Waals surface area (Å²) in [6.07, 6.45) is 3.50. The van der Waals surface area contributed by atoms with Crippen LogP contribution in [0.25, 0.3) is 10.9 Å². The van der Waals surface area contributed by atoms with Crippen molar-refractivity contribution in [3.63, 3.8) is 0 Å². The van der Waals surface area contributed by atoms with E-state index in [0.29, 0.717) is 11.0 Å². The molecule has 21 heavy (non-hydrogen) atoms. The van der Waals surface area contributed by atoms with Gasteiger partial charge < -0.3 is 4.74 Å². The Hall–Kier alpha value is -1.29. The van der Waals surface area contributed by atoms with Gasteiger partial charge in [-0.25, -0.2) is 4.98 Å². The Morgan fingerprint density at radius 1 is 1.33 bits per heavy atom. The van der Waals surface area contributed by atoms with E-state index in [0.717, 1.165) is 35.4 Å². The van der Waals surface area contributed by atoms with Crippen LogP contribution in [0.1, 0.15) is 45.7 Å². The van der Waals surface area contributed by atoms with Gasteiger partial charge in [-0.2, -0.15) is 5.10 Å². The van der Waals surface area contributed by atoms with Gasteiger partial charge in [-0.1, -0.05) is 31.9 Å². The molecule has 0 aliphatic carbocycles. The summed E-state index contributed by atoms with van der Waals surface area (Å²) in [6, 6.07) is 1.78. The molecule has 0 saturated carbocycles. The molecule has 0 amide bonds. The van der Waals surface area contributed by atoms with Crippen LogP contribution in [0.15, 0.2) is 6.07 Å². The Bertz CT molecular complexity index is 623. The van der Waals surface area contributed by atoms with E-state index in [1.165, 1.54) is 6.42 Å². The zero-order chi connectivity index (χ0) is 15.6. The average Bonchev–Trinajstić information content (AvgIpc) is 2.71. The Balaban J connectivity index is 2.21. The van der Waals surface area contributed by atoms with E-state index in [-0.39, 0.29) is 6.10 Å². The first-order chi connectivity index (χ1) is 9.92. The van der Waals surface area contributed by atoms with Crippen LogP contribution in [0, 0.1) is 12.8 Å². The zero-order valence-corrected chi connectivity index (χ0v) is 14.2. The van der Waals surface area contributed by atoms with Gasteiger partial charge in [0.05, 0.1) is 11.5 Å². The predicted molar refractivity (Wildman–Crippen MR) is 87.0 cm³/mol. The summed E-state index contributed by atoms with van der Waals surface area (Å²) < 4.78 is 7.88. The highest BCUT2D eigenvalue weighted by Crippen LogP contribution is 2.30. The second-order valence-electron chi connectivity index (χ2n) is 5.87. The number of rotatable bonds is 6. The number of fused-ring (bicyclic) bond motifs is 1. The fourth-order valence-electron chi connectivity index (χ4n) is 2.36. The topological polar surface area (TPSA) is 39.9 Å². The van der Waals surface area contributed by atoms with E-state index in [1.54, 1.807) is 6.07 Å². The number of halogens is 1. The molecule has 2 unspecified atom stereocenters. The van der Waals surface area contributed by atoms with E-state index in [1.807, 2.05) is 18.7 Å². The molecule has 2 atom stereocenters. The van der Waals surface area contributed by atoms with E-state index in [9.17, 15) is 0 Å². The molecule has 0 saturated heterocycles. The third-order valence-electron chi connectivity index (χ3n) is 4.11. The third-order valence-corrected chi connectivity index (χ3v) is 4.31. The summed E-state index contributed by atoms with van der Waals surface area (Å²) in [7, 11) is 1.92. The summed E-state index contributed by atoms with van der Waals surface area (Å²) in [5.74, 6) is 1.32. The minimum atomic E-state index is 0.118. The number of hydrogen-bond donors (Lipinski definition) is 0. The van der Waals surface area contributed by atoms with E-state index < -0.39 is 0 Å². The van der Waals surface area contributed by atoms with Gasteiger partial charge in [0.2, 0.25) is 5.88 Å². The summed E-state index contributed by atoms with van der Waals surface area (Å²) in [5, 5.41) is 5.82. The van der Waals surface area contributed by atoms with E-state index >= 15 is 0 Å². The maximum absolute atomic E-state index is 6.08. The van der Waals surface area contributed by atoms with Crippen LogP contribution in [-0.2, 0) is 7.05 Å². The van der Waals surface area contributed by atoms with Crippen molar-refractivity contribution in [3.05, 3.63) is 16.9 Å². The number of pyridine rings is 1. The molecule has 4 nitrogen and oxygen atoms in total. The Morgan fingerprint density at radius 3 is 2.71 bits per heavy atom. The molecule has 5 heteroatoms. The first kappa shape index (κ1) is 16.1. The molecular weight excluding hydrogens is 286 g/mol. The van der Waals surface area contributed by atoms with Crippen molar-refractivity contribution >= 4 is 22.5 Å². The molecular formula is C16H24ClN3O. The second kappa shape index (κ2) is 6.65. The Labute approximate surface area is 131 Å². The van der Waals surface area contributed by atoms with Crippen molar-refractivity contribution in [2.24, 2.45) is 13.0 Å². The highest BCUT2D eigenvalue weighted by Gasteiger charge is 2.16. The average molecular weight is 310 g/mol. The van der Waals surface area contributed by atoms with Crippen LogP contribution >= 0.6 is 11.6 Å². The number of nitrogens with zero attached hydrogens (tertiary/aromatic N) is 3. The fourth-order valence-corrected chi connectivity index (χ4v) is 2.54. The number of hydrogen-bond acceptors (Lipinski definition) is 3. The van der Waals surface area contributed by atoms with E-state index in [4.69, 9.17) is 16.3 Å². The minimum Gasteiger partial charge on any atom is -0.474 e. The lowest BCUT2D eigenvalue weighted by Crippen LogP contribution is -2.14. The molecule has 0 aliphatic heterocycles. The standard InChI is InChI=1S/C16H24ClN3O/c1-6-10(2)7-8-11(3)21-16-15-12(4)20(5)19-13(15)9-14(17)18-16/h9-11H,6-8H2,1-5H3. The zero-order valence-electron chi connectivity index (χ0n) is 13.5. The van der Waals surface area contributed by atoms with Gasteiger partial charge in [0, 0.05) is 18.8 Å². The van der Waals surface area contributed by atoms with Crippen molar-refractivity contribution in [2.45, 2.75) is 53.1 Å². The van der Waals surface area contributed by atoms with Crippen molar-refractivity contribution in [3.8, 4) is 5.88 Å². The van der Waals surface area contributed by atoms with Crippen LogP contribution in [0.5, 0.6) is 5.88 Å². The maximum atomic E-state index is 6.08. The molecule has 2 aromatic heterocycles. The lowest BCUT2D eigenvalue weighted by molar-refractivity contribution is 0.194. The van der Waals surface area contributed by atoms with Gasteiger partial charge in [0.25, 0.3) is 0 Å². The van der Waals surface area contributed by atoms with Gasteiger partial charge in [-0.3, -0.25) is 4.68 Å². The molecule has 0 spiro atoms. The molecule has 2 rings (SSSR count). The highest BCUT2D eigenvalue weighted by atomic mass is 35.5. The number of aromatic nitrogens is 3. The van der Waals surface area contributed by atoms with E-state index in [2.05, 4.69) is 30.9 Å². The first-order valence-corrected chi connectivity index (χ1v) is 7.96. The second-order valence-corrected chi connectivity index (χ2v) is 6.26. The highest BCUT2D eigenvalue weighted by molar-refractivity contribution is 6.30. The maximum Gasteiger partial charge on any atom is 0.226 e. The fraction of sp³-hybridized carbons (Fsp3) is 0.625. The van der Waals surface area contributed by atoms with Crippen LogP contribution in [-0.4, -0.2) is 20.9 Å². The van der Waals surface area contributed by atoms with Crippen LogP contribution in [0.4, 0.5) is 0 Å². The Morgan fingerprint density at radius 2 is 2.05 bits per heavy atom. The molecule has 0 aliphatic rings. The molecule has 0 N–H and O–H groups in total. The minimum absolute atomic E-state index is 0.118. The van der Waals surface area contributed by atoms with Crippen LogP contribution < -0.4 is 4.74 Å². The molecule has 0 aromatic carbocycles. The lowest BCUT2D eigenvalue weighted by atomic mass is 10.0. The van der Waals surface area contributed by atoms with Crippen LogP contribution in [0.2, 0.25) is 5.15 Å². The van der Waals surface area contributed by atoms with Crippen molar-refractivity contribution in [1.82, 2.24) is 14.8 Å². The quantitative estimate of drug-likeness (QED) is 0.736. The van der Waals surface area contributed by atoms with Gasteiger partial charge in [0.15, 0.2) is 0 Å². The van der Waals surface area contributed by atoms with Crippen molar-refractivity contribution in [2.75, 3.05) is 0 Å². The smallest absolute Gasteiger partial charge is 0.226 e. The molecule has 0 bridgehead atoms. The number of ether oxygens (including phenoxy) is 1. The summed E-state index contributed by atoms with van der Waals surface area (Å²) >= 11 is 6.08. The molecule has 116 valence electrons. The molecule has 2 aromatic rings. The molecule has 2 heterocycles. The summed E-state index contributed by atoms with van der Waals surface area (Å²) in [4.78, 5) is 4.35. The Kier molecular flexibility index (Phi) is 5.09. The van der Waals surface area contributed by atoms with Gasteiger partial charge >= 0.3 is 0 Å². The normalized spacial score (nSPS) is 14.4.